The highest BCUT2D eigenvalue weighted by molar-refractivity contribution is 7.88. The number of nitrogens with one attached hydrogen (secondary N) is 2. The summed E-state index contributed by atoms with van der Waals surface area (Å²) >= 11 is 0. The molecule has 3 aromatic rings. The maximum absolute atomic E-state index is 13.6. The number of amides is 1. The maximum Gasteiger partial charge on any atom is 0.270 e. The quantitative estimate of drug-likeness (QED) is 0.438. The lowest BCUT2D eigenvalue weighted by Gasteiger charge is -2.11. The zero-order valence-corrected chi connectivity index (χ0v) is 21.0. The van der Waals surface area contributed by atoms with Crippen molar-refractivity contribution in [2.24, 2.45) is 5.92 Å². The average Bonchev–Trinajstić information content (AvgIpc) is 3.46. The predicted molar refractivity (Wildman–Crippen MR) is 129 cm³/mol. The third-order valence-electron chi connectivity index (χ3n) is 5.91. The molecule has 4 rings (SSSR count). The summed E-state index contributed by atoms with van der Waals surface area (Å²) in [7, 11) is -1.85. The number of halogens is 1. The Morgan fingerprint density at radius 3 is 2.78 bits per heavy atom. The van der Waals surface area contributed by atoms with Gasteiger partial charge in [-0.2, -0.15) is 0 Å². The first-order valence-electron chi connectivity index (χ1n) is 11.4. The molecule has 2 aromatic heterocycles. The number of hydrogen-bond donors (Lipinski definition) is 2. The molecule has 2 atom stereocenters. The third-order valence-corrected chi connectivity index (χ3v) is 6.67. The Balaban J connectivity index is 1.40. The van der Waals surface area contributed by atoms with E-state index in [-0.39, 0.29) is 29.9 Å². The van der Waals surface area contributed by atoms with Crippen LogP contribution in [0.5, 0.6) is 5.75 Å². The Kier molecular flexibility index (Phi) is 7.59. The Hall–Kier alpha value is -3.45. The first-order chi connectivity index (χ1) is 17.1. The second-order valence-corrected chi connectivity index (χ2v) is 10.7. The molecule has 0 saturated heterocycles. The van der Waals surface area contributed by atoms with E-state index in [1.807, 2.05) is 0 Å². The van der Waals surface area contributed by atoms with Crippen LogP contribution in [0.3, 0.4) is 0 Å². The van der Waals surface area contributed by atoms with Crippen LogP contribution in [0.15, 0.2) is 30.5 Å². The molecule has 0 bridgehead atoms. The molecule has 0 spiro atoms. The number of rotatable bonds is 9. The van der Waals surface area contributed by atoms with Crippen LogP contribution in [0.25, 0.3) is 11.4 Å². The number of hydrogen-bond acceptors (Lipinski definition) is 8. The summed E-state index contributed by atoms with van der Waals surface area (Å²) in [5.41, 5.74) is 1.81. The van der Waals surface area contributed by atoms with Crippen LogP contribution < -0.4 is 14.8 Å². The molecule has 0 radical (unpaired) electrons. The van der Waals surface area contributed by atoms with Gasteiger partial charge in [0, 0.05) is 19.1 Å². The number of carbonyl (C=O) groups is 1. The number of methoxy groups -OCH3 is 1. The van der Waals surface area contributed by atoms with Gasteiger partial charge in [-0.05, 0) is 55.9 Å². The zero-order valence-electron chi connectivity index (χ0n) is 20.2. The lowest BCUT2D eigenvalue weighted by atomic mass is 10.1. The minimum Gasteiger partial charge on any atom is -0.494 e. The lowest BCUT2D eigenvalue weighted by Crippen LogP contribution is -2.32. The van der Waals surface area contributed by atoms with Gasteiger partial charge in [-0.1, -0.05) is 11.3 Å². The first-order valence-corrected chi connectivity index (χ1v) is 13.3. The lowest BCUT2D eigenvalue weighted by molar-refractivity contribution is 0.0945. The first kappa shape index (κ1) is 25.6. The van der Waals surface area contributed by atoms with Crippen LogP contribution in [-0.2, 0) is 23.1 Å². The molecule has 1 amide bonds. The number of aromatic nitrogens is 5. The van der Waals surface area contributed by atoms with Gasteiger partial charge in [-0.25, -0.2) is 27.5 Å². The van der Waals surface area contributed by atoms with E-state index in [1.165, 1.54) is 25.5 Å². The fraction of sp³-hybridized carbons (Fsp3) is 0.435. The van der Waals surface area contributed by atoms with Crippen molar-refractivity contribution >= 4 is 15.9 Å². The second kappa shape index (κ2) is 10.7. The normalized spacial score (nSPS) is 17.8. The molecule has 13 heteroatoms. The van der Waals surface area contributed by atoms with E-state index in [9.17, 15) is 17.6 Å². The van der Waals surface area contributed by atoms with Crippen molar-refractivity contribution in [3.05, 3.63) is 53.4 Å². The van der Waals surface area contributed by atoms with E-state index < -0.39 is 21.7 Å². The summed E-state index contributed by atoms with van der Waals surface area (Å²) in [6, 6.07) is 5.86. The molecule has 2 N–H and O–H groups in total. The Labute approximate surface area is 208 Å². The molecular weight excluding hydrogens is 489 g/mol. The summed E-state index contributed by atoms with van der Waals surface area (Å²) in [6.45, 7) is 2.46. The molecule has 1 aliphatic rings. The number of carbonyl (C=O) groups excluding carboxylic acids is 1. The van der Waals surface area contributed by atoms with Crippen molar-refractivity contribution in [1.82, 2.24) is 35.0 Å². The number of aryl methyl sites for hydroxylation is 1. The van der Waals surface area contributed by atoms with Gasteiger partial charge in [0.1, 0.15) is 17.2 Å². The number of ether oxygens (including phenoxy) is 1. The molecule has 192 valence electrons. The molecule has 0 unspecified atom stereocenters. The Morgan fingerprint density at radius 1 is 1.22 bits per heavy atom. The molecule has 36 heavy (non-hydrogen) atoms. The van der Waals surface area contributed by atoms with Crippen molar-refractivity contribution in [1.29, 1.82) is 0 Å². The fourth-order valence-electron chi connectivity index (χ4n) is 4.32. The van der Waals surface area contributed by atoms with E-state index in [0.717, 1.165) is 19.3 Å². The standard InChI is InChI=1S/C23H28FN7O4S/c1-14-26-19(10-20(27-14)23(32)25-11-15-5-7-18(24)22(9-15)35-2)21-13-31(30-28-21)12-16-4-6-17(8-16)29-36(3,33)34/h5,7,9-10,13,16-17,29H,4,6,8,11-12H2,1-3H3,(H,25,32)/t16-,17+/m0/s1. The third kappa shape index (κ3) is 6.61. The second-order valence-electron chi connectivity index (χ2n) is 8.93. The molecule has 0 aliphatic heterocycles. The number of sulfonamides is 1. The van der Waals surface area contributed by atoms with Crippen molar-refractivity contribution in [3.63, 3.8) is 0 Å². The molecule has 11 nitrogen and oxygen atoms in total. The largest absolute Gasteiger partial charge is 0.494 e. The average molecular weight is 518 g/mol. The number of benzene rings is 1. The highest BCUT2D eigenvalue weighted by Gasteiger charge is 2.27. The van der Waals surface area contributed by atoms with Crippen molar-refractivity contribution in [3.8, 4) is 17.1 Å². The summed E-state index contributed by atoms with van der Waals surface area (Å²) in [5.74, 6) is -0.105. The predicted octanol–water partition coefficient (Wildman–Crippen LogP) is 1.84. The van der Waals surface area contributed by atoms with Crippen molar-refractivity contribution in [2.45, 2.75) is 45.3 Å². The maximum atomic E-state index is 13.6. The van der Waals surface area contributed by atoms with Crippen LogP contribution in [-0.4, -0.2) is 58.7 Å². The SMILES string of the molecule is COc1cc(CNC(=O)c2cc(-c3cn(C[C@H]4CC[C@@H](NS(C)(=O)=O)C4)nn3)nc(C)n2)ccc1F. The Bertz CT molecular complexity index is 1360. The fourth-order valence-corrected chi connectivity index (χ4v) is 5.14. The summed E-state index contributed by atoms with van der Waals surface area (Å²) in [4.78, 5) is 21.4. The highest BCUT2D eigenvalue weighted by Crippen LogP contribution is 2.27. The van der Waals surface area contributed by atoms with Crippen LogP contribution in [0.4, 0.5) is 4.39 Å². The van der Waals surface area contributed by atoms with E-state index in [1.54, 1.807) is 29.9 Å². The van der Waals surface area contributed by atoms with E-state index in [4.69, 9.17) is 4.74 Å². The van der Waals surface area contributed by atoms with E-state index in [2.05, 4.69) is 30.3 Å². The van der Waals surface area contributed by atoms with Crippen molar-refractivity contribution < 1.29 is 22.3 Å². The van der Waals surface area contributed by atoms with Crippen LogP contribution in [0.1, 0.15) is 41.1 Å². The van der Waals surface area contributed by atoms with E-state index in [0.29, 0.717) is 29.3 Å². The monoisotopic (exact) mass is 517 g/mol. The molecule has 1 fully saturated rings. The van der Waals surface area contributed by atoms with Crippen LogP contribution in [0, 0.1) is 18.7 Å². The van der Waals surface area contributed by atoms with E-state index >= 15 is 0 Å². The Morgan fingerprint density at radius 2 is 2.03 bits per heavy atom. The minimum atomic E-state index is -3.23. The molecule has 1 aromatic carbocycles. The van der Waals surface area contributed by atoms with Crippen LogP contribution in [0.2, 0.25) is 0 Å². The van der Waals surface area contributed by atoms with Gasteiger partial charge in [0.15, 0.2) is 11.6 Å². The summed E-state index contributed by atoms with van der Waals surface area (Å²) in [5, 5.41) is 11.2. The minimum absolute atomic E-state index is 0.0606. The molecule has 2 heterocycles. The van der Waals surface area contributed by atoms with Gasteiger partial charge < -0.3 is 10.1 Å². The van der Waals surface area contributed by atoms with Gasteiger partial charge in [-0.3, -0.25) is 9.48 Å². The zero-order chi connectivity index (χ0) is 25.9. The highest BCUT2D eigenvalue weighted by atomic mass is 32.2. The molecular formula is C23H28FN7O4S. The summed E-state index contributed by atoms with van der Waals surface area (Å²) in [6.07, 6.45) is 5.33. The van der Waals surface area contributed by atoms with Crippen molar-refractivity contribution in [2.75, 3.05) is 13.4 Å². The van der Waals surface area contributed by atoms with Gasteiger partial charge in [0.25, 0.3) is 5.91 Å². The topological polar surface area (TPSA) is 141 Å². The van der Waals surface area contributed by atoms with Gasteiger partial charge in [-0.15, -0.1) is 5.10 Å². The molecule has 1 aliphatic carbocycles. The van der Waals surface area contributed by atoms with Gasteiger partial charge >= 0.3 is 0 Å². The van der Waals surface area contributed by atoms with Gasteiger partial charge in [0.05, 0.1) is 25.3 Å². The summed E-state index contributed by atoms with van der Waals surface area (Å²) < 4.78 is 45.9. The van der Waals surface area contributed by atoms with Gasteiger partial charge in [0.2, 0.25) is 10.0 Å². The van der Waals surface area contributed by atoms with Crippen LogP contribution >= 0.6 is 0 Å². The molecule has 1 saturated carbocycles. The smallest absolute Gasteiger partial charge is 0.270 e. The number of nitrogens with zero attached hydrogens (tertiary/aromatic N) is 5.